The fourth-order valence-electron chi connectivity index (χ4n) is 5.20. The minimum absolute atomic E-state index is 0.0134. The zero-order valence-corrected chi connectivity index (χ0v) is 18.8. The molecule has 158 valence electrons. The number of carbonyl (C=O) groups is 1. The highest BCUT2D eigenvalue weighted by Gasteiger charge is 2.42. The van der Waals surface area contributed by atoms with E-state index in [0.717, 1.165) is 19.4 Å². The SMILES string of the molecule is CC(C)C(C)COC(=O)[C@@H]1C[C@@H]2c3cccc4c3c(cn4C(C)C)C[C@H]2N(C)C1. The molecule has 1 aromatic heterocycles. The second-order valence-corrected chi connectivity index (χ2v) is 10.00. The maximum absolute atomic E-state index is 12.9. The largest absolute Gasteiger partial charge is 0.465 e. The Hall–Kier alpha value is -1.81. The molecule has 1 fully saturated rings. The Labute approximate surface area is 175 Å². The standard InChI is InChI=1S/C25H36N2O2/c1-15(2)17(5)14-29-25(28)19-10-21-20-8-7-9-22-24(20)18(13-27(22)16(3)4)11-23(21)26(6)12-19/h7-9,13,15-17,19,21,23H,10-12,14H2,1-6H3/t17?,19-,21-,23-/m1/s1. The highest BCUT2D eigenvalue weighted by Crippen LogP contribution is 2.45. The lowest BCUT2D eigenvalue weighted by atomic mass is 9.72. The summed E-state index contributed by atoms with van der Waals surface area (Å²) in [6, 6.07) is 7.64. The monoisotopic (exact) mass is 396 g/mol. The van der Waals surface area contributed by atoms with Crippen LogP contribution >= 0.6 is 0 Å². The molecule has 4 nitrogen and oxygen atoms in total. The molecular formula is C25H36N2O2. The van der Waals surface area contributed by atoms with Crippen LogP contribution in [-0.4, -0.2) is 41.7 Å². The van der Waals surface area contributed by atoms with Crippen LogP contribution in [0, 0.1) is 17.8 Å². The van der Waals surface area contributed by atoms with Crippen LogP contribution in [0.25, 0.3) is 10.9 Å². The number of rotatable bonds is 5. The van der Waals surface area contributed by atoms with Gasteiger partial charge >= 0.3 is 5.97 Å². The van der Waals surface area contributed by atoms with Crippen molar-refractivity contribution in [2.45, 2.75) is 65.5 Å². The van der Waals surface area contributed by atoms with Crippen molar-refractivity contribution >= 4 is 16.9 Å². The lowest BCUT2D eigenvalue weighted by molar-refractivity contribution is -0.153. The number of esters is 1. The van der Waals surface area contributed by atoms with Crippen molar-refractivity contribution in [1.82, 2.24) is 9.47 Å². The van der Waals surface area contributed by atoms with E-state index in [1.807, 2.05) is 0 Å². The smallest absolute Gasteiger partial charge is 0.310 e. The number of nitrogens with zero attached hydrogens (tertiary/aromatic N) is 2. The van der Waals surface area contributed by atoms with E-state index < -0.39 is 0 Å². The van der Waals surface area contributed by atoms with Gasteiger partial charge in [-0.15, -0.1) is 0 Å². The molecule has 4 atom stereocenters. The van der Waals surface area contributed by atoms with Crippen molar-refractivity contribution in [3.05, 3.63) is 35.5 Å². The van der Waals surface area contributed by atoms with Crippen molar-refractivity contribution < 1.29 is 9.53 Å². The van der Waals surface area contributed by atoms with Gasteiger partial charge in [0.05, 0.1) is 12.5 Å². The van der Waals surface area contributed by atoms with E-state index in [4.69, 9.17) is 4.74 Å². The molecule has 0 amide bonds. The summed E-state index contributed by atoms with van der Waals surface area (Å²) < 4.78 is 8.15. The molecule has 0 N–H and O–H groups in total. The van der Waals surface area contributed by atoms with Gasteiger partial charge in [-0.2, -0.15) is 0 Å². The third-order valence-corrected chi connectivity index (χ3v) is 7.39. The van der Waals surface area contributed by atoms with Crippen molar-refractivity contribution in [1.29, 1.82) is 0 Å². The molecule has 2 aliphatic rings. The second-order valence-electron chi connectivity index (χ2n) is 10.00. The molecular weight excluding hydrogens is 360 g/mol. The zero-order valence-electron chi connectivity index (χ0n) is 18.8. The fourth-order valence-corrected chi connectivity index (χ4v) is 5.20. The summed E-state index contributed by atoms with van der Waals surface area (Å²) in [4.78, 5) is 15.3. The van der Waals surface area contributed by atoms with Crippen LogP contribution in [0.1, 0.15) is 64.1 Å². The molecule has 2 aromatic rings. The number of ether oxygens (including phenoxy) is 1. The Morgan fingerprint density at radius 1 is 1.21 bits per heavy atom. The molecule has 4 heteroatoms. The van der Waals surface area contributed by atoms with Crippen molar-refractivity contribution in [3.8, 4) is 0 Å². The Balaban J connectivity index is 1.60. The molecule has 1 aliphatic carbocycles. The third kappa shape index (κ3) is 3.61. The Bertz CT molecular complexity index is 898. The van der Waals surface area contributed by atoms with E-state index in [1.54, 1.807) is 0 Å². The van der Waals surface area contributed by atoms with Crippen molar-refractivity contribution in [2.75, 3.05) is 20.2 Å². The van der Waals surface area contributed by atoms with Crippen LogP contribution < -0.4 is 0 Å². The van der Waals surface area contributed by atoms with Crippen LogP contribution in [0.3, 0.4) is 0 Å². The molecule has 2 heterocycles. The van der Waals surface area contributed by atoms with Gasteiger partial charge < -0.3 is 14.2 Å². The summed E-state index contributed by atoms with van der Waals surface area (Å²) in [5.74, 6) is 1.27. The molecule has 29 heavy (non-hydrogen) atoms. The predicted molar refractivity (Wildman–Crippen MR) is 118 cm³/mol. The van der Waals surface area contributed by atoms with Crippen LogP contribution in [-0.2, 0) is 16.0 Å². The predicted octanol–water partition coefficient (Wildman–Crippen LogP) is 5.02. The number of piperidine rings is 1. The Kier molecular flexibility index (Phi) is 5.50. The third-order valence-electron chi connectivity index (χ3n) is 7.39. The van der Waals surface area contributed by atoms with E-state index in [2.05, 4.69) is 75.5 Å². The van der Waals surface area contributed by atoms with Gasteiger partial charge in [0, 0.05) is 41.6 Å². The first kappa shape index (κ1) is 20.5. The molecule has 1 unspecified atom stereocenters. The summed E-state index contributed by atoms with van der Waals surface area (Å²) >= 11 is 0. The number of carbonyl (C=O) groups excluding carboxylic acids is 1. The number of likely N-dealkylation sites (tertiary alicyclic amines) is 1. The zero-order chi connectivity index (χ0) is 20.9. The molecule has 1 aromatic carbocycles. The van der Waals surface area contributed by atoms with E-state index >= 15 is 0 Å². The van der Waals surface area contributed by atoms with Crippen molar-refractivity contribution in [3.63, 3.8) is 0 Å². The number of fused-ring (bicyclic) bond motifs is 2. The van der Waals surface area contributed by atoms with E-state index in [0.29, 0.717) is 36.4 Å². The highest BCUT2D eigenvalue weighted by molar-refractivity contribution is 5.89. The Morgan fingerprint density at radius 2 is 1.97 bits per heavy atom. The highest BCUT2D eigenvalue weighted by atomic mass is 16.5. The summed E-state index contributed by atoms with van der Waals surface area (Å²) in [6.45, 7) is 12.3. The van der Waals surface area contributed by atoms with Gasteiger partial charge in [-0.05, 0) is 62.8 Å². The number of aromatic nitrogens is 1. The number of benzene rings is 1. The van der Waals surface area contributed by atoms with Gasteiger partial charge in [-0.25, -0.2) is 0 Å². The van der Waals surface area contributed by atoms with E-state index in [1.165, 1.54) is 22.0 Å². The molecule has 1 aliphatic heterocycles. The average Bonchev–Trinajstić information content (AvgIpc) is 3.06. The van der Waals surface area contributed by atoms with Gasteiger partial charge in [-0.1, -0.05) is 32.9 Å². The maximum Gasteiger partial charge on any atom is 0.310 e. The first-order valence-corrected chi connectivity index (χ1v) is 11.3. The number of hydrogen-bond donors (Lipinski definition) is 0. The summed E-state index contributed by atoms with van der Waals surface area (Å²) in [5, 5.41) is 1.43. The lowest BCUT2D eigenvalue weighted by Gasteiger charge is -2.44. The Morgan fingerprint density at radius 3 is 2.66 bits per heavy atom. The normalized spacial score (nSPS) is 25.4. The molecule has 0 spiro atoms. The van der Waals surface area contributed by atoms with Crippen LogP contribution in [0.5, 0.6) is 0 Å². The maximum atomic E-state index is 12.9. The topological polar surface area (TPSA) is 34.5 Å². The van der Waals surface area contributed by atoms with Gasteiger partial charge in [0.25, 0.3) is 0 Å². The number of likely N-dealkylation sites (N-methyl/N-ethyl adjacent to an activating group) is 1. The summed E-state index contributed by atoms with van der Waals surface area (Å²) in [7, 11) is 2.18. The minimum Gasteiger partial charge on any atom is -0.465 e. The van der Waals surface area contributed by atoms with Gasteiger partial charge in [0.1, 0.15) is 0 Å². The quantitative estimate of drug-likeness (QED) is 0.666. The van der Waals surface area contributed by atoms with Crippen molar-refractivity contribution in [2.24, 2.45) is 17.8 Å². The van der Waals surface area contributed by atoms with Gasteiger partial charge in [-0.3, -0.25) is 4.79 Å². The molecule has 0 saturated carbocycles. The first-order chi connectivity index (χ1) is 13.8. The van der Waals surface area contributed by atoms with Gasteiger partial charge in [0.2, 0.25) is 0 Å². The molecule has 4 rings (SSSR count). The fraction of sp³-hybridized carbons (Fsp3) is 0.640. The average molecular weight is 397 g/mol. The van der Waals surface area contributed by atoms with Crippen LogP contribution in [0.15, 0.2) is 24.4 Å². The minimum atomic E-state index is -0.0374. The molecule has 0 bridgehead atoms. The van der Waals surface area contributed by atoms with E-state index in [-0.39, 0.29) is 11.9 Å². The van der Waals surface area contributed by atoms with E-state index in [9.17, 15) is 4.79 Å². The van der Waals surface area contributed by atoms with Gasteiger partial charge in [0.15, 0.2) is 0 Å². The molecule has 0 radical (unpaired) electrons. The lowest BCUT2D eigenvalue weighted by Crippen LogP contribution is -2.49. The number of hydrogen-bond acceptors (Lipinski definition) is 3. The second kappa shape index (κ2) is 7.79. The van der Waals surface area contributed by atoms with Crippen LogP contribution in [0.2, 0.25) is 0 Å². The summed E-state index contributed by atoms with van der Waals surface area (Å²) in [6.07, 6.45) is 4.33. The summed E-state index contributed by atoms with van der Waals surface area (Å²) in [5.41, 5.74) is 4.22. The van der Waals surface area contributed by atoms with Crippen LogP contribution in [0.4, 0.5) is 0 Å². The molecule has 1 saturated heterocycles. The first-order valence-electron chi connectivity index (χ1n) is 11.3.